The molecule has 5 heteroatoms. The second-order valence-electron chi connectivity index (χ2n) is 5.19. The van der Waals surface area contributed by atoms with Gasteiger partial charge in [0.15, 0.2) is 11.5 Å². The highest BCUT2D eigenvalue weighted by Gasteiger charge is 2.15. The lowest BCUT2D eigenvalue weighted by molar-refractivity contribution is 0.579. The second kappa shape index (κ2) is 5.47. The lowest BCUT2D eigenvalue weighted by Gasteiger charge is -2.13. The van der Waals surface area contributed by atoms with Crippen LogP contribution in [0.15, 0.2) is 18.6 Å². The molecule has 1 aliphatic rings. The summed E-state index contributed by atoms with van der Waals surface area (Å²) < 4.78 is 2.02. The monoisotopic (exact) mass is 259 g/mol. The van der Waals surface area contributed by atoms with Crippen LogP contribution in [-0.4, -0.2) is 27.5 Å². The first-order valence-corrected chi connectivity index (χ1v) is 7.18. The minimum Gasteiger partial charge on any atom is -0.369 e. The maximum atomic E-state index is 4.62. The zero-order chi connectivity index (χ0) is 13.1. The molecule has 1 aliphatic carbocycles. The second-order valence-corrected chi connectivity index (χ2v) is 5.19. The molecule has 2 N–H and O–H groups in total. The average Bonchev–Trinajstić information content (AvgIpc) is 3.07. The molecule has 102 valence electrons. The number of hydrogen-bond donors (Lipinski definition) is 2. The summed E-state index contributed by atoms with van der Waals surface area (Å²) in [4.78, 5) is 8.99. The van der Waals surface area contributed by atoms with Gasteiger partial charge in [0.1, 0.15) is 5.82 Å². The van der Waals surface area contributed by atoms with Crippen molar-refractivity contribution in [2.24, 2.45) is 5.92 Å². The van der Waals surface area contributed by atoms with E-state index in [1.807, 2.05) is 23.0 Å². The molecule has 1 saturated carbocycles. The zero-order valence-corrected chi connectivity index (χ0v) is 11.4. The van der Waals surface area contributed by atoms with Crippen molar-refractivity contribution in [2.45, 2.75) is 32.6 Å². The van der Waals surface area contributed by atoms with Crippen molar-refractivity contribution in [3.8, 4) is 0 Å². The van der Waals surface area contributed by atoms with Crippen LogP contribution in [0.3, 0.4) is 0 Å². The molecule has 0 atom stereocenters. The fourth-order valence-corrected chi connectivity index (χ4v) is 2.77. The van der Waals surface area contributed by atoms with Crippen molar-refractivity contribution in [1.29, 1.82) is 0 Å². The Hall–Kier alpha value is -1.78. The Bertz CT molecular complexity index is 542. The van der Waals surface area contributed by atoms with E-state index in [9.17, 15) is 0 Å². The molecule has 1 fully saturated rings. The van der Waals surface area contributed by atoms with Crippen LogP contribution in [0.1, 0.15) is 32.6 Å². The van der Waals surface area contributed by atoms with Crippen LogP contribution in [0.25, 0.3) is 5.65 Å². The molecule has 0 bridgehead atoms. The van der Waals surface area contributed by atoms with Gasteiger partial charge in [-0.05, 0) is 25.7 Å². The van der Waals surface area contributed by atoms with E-state index >= 15 is 0 Å². The Morgan fingerprint density at radius 3 is 2.95 bits per heavy atom. The standard InChI is InChI=1S/C14H21N5/c1-2-15-12-10-19-8-7-16-14(19)13(18-12)17-9-11-5-3-4-6-11/h7-8,10-11,15H,2-6,9H2,1H3,(H,17,18). The number of aromatic nitrogens is 3. The largest absolute Gasteiger partial charge is 0.369 e. The molecule has 0 saturated heterocycles. The Morgan fingerprint density at radius 1 is 1.32 bits per heavy atom. The van der Waals surface area contributed by atoms with Crippen LogP contribution in [0.5, 0.6) is 0 Å². The highest BCUT2D eigenvalue weighted by Crippen LogP contribution is 2.25. The first-order valence-electron chi connectivity index (χ1n) is 7.18. The average molecular weight is 259 g/mol. The predicted octanol–water partition coefficient (Wildman–Crippen LogP) is 2.76. The molecule has 2 aromatic rings. The first kappa shape index (κ1) is 12.3. The third-order valence-electron chi connectivity index (χ3n) is 3.76. The van der Waals surface area contributed by atoms with Crippen LogP contribution in [-0.2, 0) is 0 Å². The van der Waals surface area contributed by atoms with Crippen LogP contribution < -0.4 is 10.6 Å². The Labute approximate surface area is 113 Å². The Balaban J connectivity index is 1.80. The van der Waals surface area contributed by atoms with Crippen LogP contribution in [0, 0.1) is 5.92 Å². The van der Waals surface area contributed by atoms with Crippen molar-refractivity contribution in [2.75, 3.05) is 23.7 Å². The van der Waals surface area contributed by atoms with Crippen molar-refractivity contribution >= 4 is 17.3 Å². The van der Waals surface area contributed by atoms with E-state index in [1.54, 1.807) is 0 Å². The number of rotatable bonds is 5. The molecule has 5 nitrogen and oxygen atoms in total. The maximum Gasteiger partial charge on any atom is 0.180 e. The smallest absolute Gasteiger partial charge is 0.180 e. The molecule has 0 amide bonds. The van der Waals surface area contributed by atoms with E-state index in [4.69, 9.17) is 0 Å². The van der Waals surface area contributed by atoms with Gasteiger partial charge in [-0.3, -0.25) is 0 Å². The lowest BCUT2D eigenvalue weighted by Crippen LogP contribution is -2.14. The van der Waals surface area contributed by atoms with E-state index in [-0.39, 0.29) is 0 Å². The number of nitrogens with one attached hydrogen (secondary N) is 2. The fraction of sp³-hybridized carbons (Fsp3) is 0.571. The van der Waals surface area contributed by atoms with Crippen LogP contribution in [0.4, 0.5) is 11.6 Å². The minimum absolute atomic E-state index is 0.791. The van der Waals surface area contributed by atoms with E-state index in [1.165, 1.54) is 25.7 Å². The van der Waals surface area contributed by atoms with E-state index in [0.717, 1.165) is 36.3 Å². The highest BCUT2D eigenvalue weighted by molar-refractivity contribution is 5.65. The number of fused-ring (bicyclic) bond motifs is 1. The molecular weight excluding hydrogens is 238 g/mol. The van der Waals surface area contributed by atoms with Crippen LogP contribution >= 0.6 is 0 Å². The Morgan fingerprint density at radius 2 is 2.16 bits per heavy atom. The number of anilines is 2. The van der Waals surface area contributed by atoms with Gasteiger partial charge in [0, 0.05) is 25.5 Å². The third kappa shape index (κ3) is 2.64. The summed E-state index contributed by atoms with van der Waals surface area (Å²) in [6.45, 7) is 3.95. The summed E-state index contributed by atoms with van der Waals surface area (Å²) in [5.41, 5.74) is 0.902. The van der Waals surface area contributed by atoms with Gasteiger partial charge in [-0.1, -0.05) is 12.8 Å². The van der Waals surface area contributed by atoms with Crippen molar-refractivity contribution in [3.63, 3.8) is 0 Å². The summed E-state index contributed by atoms with van der Waals surface area (Å²) in [5, 5.41) is 6.74. The highest BCUT2D eigenvalue weighted by atomic mass is 15.1. The fourth-order valence-electron chi connectivity index (χ4n) is 2.77. The molecule has 0 unspecified atom stereocenters. The van der Waals surface area contributed by atoms with Crippen molar-refractivity contribution in [3.05, 3.63) is 18.6 Å². The van der Waals surface area contributed by atoms with Gasteiger partial charge in [0.2, 0.25) is 0 Å². The molecular formula is C14H21N5. The number of nitrogens with zero attached hydrogens (tertiary/aromatic N) is 3. The van der Waals surface area contributed by atoms with Gasteiger partial charge in [0.25, 0.3) is 0 Å². The zero-order valence-electron chi connectivity index (χ0n) is 11.4. The van der Waals surface area contributed by atoms with Crippen molar-refractivity contribution < 1.29 is 0 Å². The van der Waals surface area contributed by atoms with Crippen LogP contribution in [0.2, 0.25) is 0 Å². The summed E-state index contributed by atoms with van der Waals surface area (Å²) in [6, 6.07) is 0. The number of hydrogen-bond acceptors (Lipinski definition) is 4. The SMILES string of the molecule is CCNc1cn2ccnc2c(NCC2CCCC2)n1. The molecule has 2 heterocycles. The Kier molecular flexibility index (Phi) is 3.53. The van der Waals surface area contributed by atoms with Gasteiger partial charge in [0.05, 0.1) is 6.20 Å². The molecule has 3 rings (SSSR count). The molecule has 0 radical (unpaired) electrons. The van der Waals surface area contributed by atoms with Gasteiger partial charge in [-0.25, -0.2) is 9.97 Å². The topological polar surface area (TPSA) is 54.2 Å². The summed E-state index contributed by atoms with van der Waals surface area (Å²) in [5.74, 6) is 2.57. The summed E-state index contributed by atoms with van der Waals surface area (Å²) in [6.07, 6.45) is 11.2. The number of imidazole rings is 1. The van der Waals surface area contributed by atoms with Gasteiger partial charge >= 0.3 is 0 Å². The maximum absolute atomic E-state index is 4.62. The van der Waals surface area contributed by atoms with E-state index in [0.29, 0.717) is 0 Å². The van der Waals surface area contributed by atoms with Gasteiger partial charge in [-0.2, -0.15) is 0 Å². The van der Waals surface area contributed by atoms with E-state index in [2.05, 4.69) is 27.5 Å². The van der Waals surface area contributed by atoms with Crippen molar-refractivity contribution in [1.82, 2.24) is 14.4 Å². The minimum atomic E-state index is 0.791. The molecule has 2 aromatic heterocycles. The van der Waals surface area contributed by atoms with Gasteiger partial charge < -0.3 is 15.0 Å². The molecule has 19 heavy (non-hydrogen) atoms. The molecule has 0 aromatic carbocycles. The quantitative estimate of drug-likeness (QED) is 0.867. The normalized spacial score (nSPS) is 16.1. The summed E-state index contributed by atoms with van der Waals surface area (Å²) >= 11 is 0. The van der Waals surface area contributed by atoms with E-state index < -0.39 is 0 Å². The first-order chi connectivity index (χ1) is 9.36. The molecule has 0 spiro atoms. The van der Waals surface area contributed by atoms with Gasteiger partial charge in [-0.15, -0.1) is 0 Å². The molecule has 0 aliphatic heterocycles. The third-order valence-corrected chi connectivity index (χ3v) is 3.76. The lowest BCUT2D eigenvalue weighted by atomic mass is 10.1. The predicted molar refractivity (Wildman–Crippen MR) is 77.6 cm³/mol. The summed E-state index contributed by atoms with van der Waals surface area (Å²) in [7, 11) is 0.